The van der Waals surface area contributed by atoms with Crippen LogP contribution in [0.25, 0.3) is 11.1 Å². The second-order valence-corrected chi connectivity index (χ2v) is 6.87. The van der Waals surface area contributed by atoms with Crippen molar-refractivity contribution >= 4 is 11.6 Å². The molecule has 6 heteroatoms. The summed E-state index contributed by atoms with van der Waals surface area (Å²) in [5.41, 5.74) is 3.79. The smallest absolute Gasteiger partial charge is 0.220 e. The molecule has 0 bridgehead atoms. The fourth-order valence-electron chi connectivity index (χ4n) is 3.14. The molecule has 1 N–H and O–H groups in total. The second-order valence-electron chi connectivity index (χ2n) is 6.87. The van der Waals surface area contributed by atoms with E-state index in [4.69, 9.17) is 10.00 Å². The van der Waals surface area contributed by atoms with Crippen LogP contribution in [0.4, 0.5) is 0 Å². The van der Waals surface area contributed by atoms with Gasteiger partial charge in [0.05, 0.1) is 6.54 Å². The van der Waals surface area contributed by atoms with Crippen LogP contribution in [0.1, 0.15) is 18.4 Å². The fraction of sp³-hybridized carbons (Fsp3) is 0.200. The number of aliphatic imine (C=N–C) groups is 1. The summed E-state index contributed by atoms with van der Waals surface area (Å²) >= 11 is 0. The molecule has 3 rings (SSSR count). The maximum Gasteiger partial charge on any atom is 0.220 e. The number of amides is 1. The molecule has 0 fully saturated rings. The van der Waals surface area contributed by atoms with Crippen LogP contribution in [0, 0.1) is 11.5 Å². The molecule has 1 heterocycles. The van der Waals surface area contributed by atoms with Crippen LogP contribution in [0.5, 0.6) is 5.75 Å². The number of nitrogens with zero attached hydrogens (tertiary/aromatic N) is 3. The van der Waals surface area contributed by atoms with Gasteiger partial charge in [-0.3, -0.25) is 9.78 Å². The van der Waals surface area contributed by atoms with Crippen LogP contribution in [0.3, 0.4) is 0 Å². The van der Waals surface area contributed by atoms with Gasteiger partial charge < -0.3 is 10.1 Å². The molecule has 0 aliphatic heterocycles. The van der Waals surface area contributed by atoms with Gasteiger partial charge in [0.25, 0.3) is 0 Å². The number of aromatic nitrogens is 1. The Morgan fingerprint density at radius 3 is 2.52 bits per heavy atom. The summed E-state index contributed by atoms with van der Waals surface area (Å²) in [6, 6.07) is 21.6. The molecule has 31 heavy (non-hydrogen) atoms. The Bertz CT molecular complexity index is 1040. The number of carbonyl (C=O) groups excluding carboxylic acids is 1. The van der Waals surface area contributed by atoms with Crippen LogP contribution in [-0.4, -0.2) is 29.8 Å². The predicted molar refractivity (Wildman–Crippen MR) is 121 cm³/mol. The van der Waals surface area contributed by atoms with E-state index in [0.29, 0.717) is 31.7 Å². The number of hydrogen-bond acceptors (Lipinski definition) is 5. The van der Waals surface area contributed by atoms with E-state index < -0.39 is 0 Å². The maximum absolute atomic E-state index is 12.2. The fourth-order valence-corrected chi connectivity index (χ4v) is 3.14. The molecular formula is C25H24N4O2. The first kappa shape index (κ1) is 21.7. The Hall–Kier alpha value is -3.98. The van der Waals surface area contributed by atoms with Crippen LogP contribution < -0.4 is 10.1 Å². The van der Waals surface area contributed by atoms with Crippen LogP contribution >= 0.6 is 0 Å². The lowest BCUT2D eigenvalue weighted by Crippen LogP contribution is -2.28. The van der Waals surface area contributed by atoms with Crippen molar-refractivity contribution in [2.24, 2.45) is 4.99 Å². The number of ether oxygens (including phenoxy) is 1. The minimum atomic E-state index is -0.0969. The third kappa shape index (κ3) is 7.09. The lowest BCUT2D eigenvalue weighted by atomic mass is 10.1. The number of para-hydroxylation sites is 1. The average Bonchev–Trinajstić information content (AvgIpc) is 2.82. The third-order valence-corrected chi connectivity index (χ3v) is 4.66. The van der Waals surface area contributed by atoms with E-state index in [-0.39, 0.29) is 12.3 Å². The second kappa shape index (κ2) is 11.9. The van der Waals surface area contributed by atoms with Gasteiger partial charge in [-0.15, -0.1) is 0 Å². The zero-order valence-corrected chi connectivity index (χ0v) is 17.2. The van der Waals surface area contributed by atoms with Gasteiger partial charge in [-0.05, 0) is 35.7 Å². The Morgan fingerprint density at radius 2 is 1.74 bits per heavy atom. The molecule has 0 aliphatic carbocycles. The van der Waals surface area contributed by atoms with Crippen molar-refractivity contribution in [1.82, 2.24) is 10.3 Å². The first-order chi connectivity index (χ1) is 15.3. The average molecular weight is 412 g/mol. The summed E-state index contributed by atoms with van der Waals surface area (Å²) < 4.78 is 5.90. The number of nitrogens with one attached hydrogen (secondary N) is 1. The number of rotatable bonds is 10. The number of carbonyl (C=O) groups is 1. The molecule has 1 amide bonds. The monoisotopic (exact) mass is 412 g/mol. The molecule has 0 saturated carbocycles. The number of nitriles is 1. The Labute approximate surface area is 182 Å². The summed E-state index contributed by atoms with van der Waals surface area (Å²) in [4.78, 5) is 20.0. The normalized spacial score (nSPS) is 10.9. The first-order valence-electron chi connectivity index (χ1n) is 10.1. The quantitative estimate of drug-likeness (QED) is 0.307. The lowest BCUT2D eigenvalue weighted by molar-refractivity contribution is -0.121. The third-order valence-electron chi connectivity index (χ3n) is 4.66. The maximum atomic E-state index is 12.2. The van der Waals surface area contributed by atoms with Gasteiger partial charge in [-0.25, -0.2) is 0 Å². The van der Waals surface area contributed by atoms with Crippen molar-refractivity contribution in [3.05, 3.63) is 84.7 Å². The van der Waals surface area contributed by atoms with E-state index in [1.807, 2.05) is 72.9 Å². The van der Waals surface area contributed by atoms with Gasteiger partial charge >= 0.3 is 0 Å². The Kier molecular flexibility index (Phi) is 8.33. The molecule has 6 nitrogen and oxygen atoms in total. The molecule has 0 aliphatic rings. The minimum absolute atomic E-state index is 0.0969. The largest absolute Gasteiger partial charge is 0.491 e. The molecule has 2 aromatic carbocycles. The first-order valence-corrected chi connectivity index (χ1v) is 10.1. The van der Waals surface area contributed by atoms with Crippen molar-refractivity contribution in [2.75, 3.05) is 13.2 Å². The Balaban J connectivity index is 1.44. The van der Waals surface area contributed by atoms with Crippen LogP contribution in [0.15, 0.2) is 84.1 Å². The number of benzene rings is 2. The van der Waals surface area contributed by atoms with E-state index >= 15 is 0 Å². The summed E-state index contributed by atoms with van der Waals surface area (Å²) in [7, 11) is 0. The molecule has 0 saturated heterocycles. The highest BCUT2D eigenvalue weighted by molar-refractivity contribution is 5.90. The number of hydrogen-bond donors (Lipinski definition) is 1. The SMILES string of the molecule is N#CN=C(CCC(=O)NCCOc1ccccc1-c1ccccc1)Cc1ccncc1. The van der Waals surface area contributed by atoms with Gasteiger partial charge in [0.2, 0.25) is 12.1 Å². The summed E-state index contributed by atoms with van der Waals surface area (Å²) in [5.74, 6) is 0.684. The van der Waals surface area contributed by atoms with Gasteiger partial charge in [0.15, 0.2) is 0 Å². The van der Waals surface area contributed by atoms with Crippen molar-refractivity contribution in [1.29, 1.82) is 5.26 Å². The zero-order valence-electron chi connectivity index (χ0n) is 17.2. The van der Waals surface area contributed by atoms with E-state index in [2.05, 4.69) is 15.3 Å². The summed E-state index contributed by atoms with van der Waals surface area (Å²) in [6.45, 7) is 0.767. The van der Waals surface area contributed by atoms with Crippen molar-refractivity contribution in [3.8, 4) is 23.1 Å². The van der Waals surface area contributed by atoms with E-state index in [9.17, 15) is 4.79 Å². The standard InChI is InChI=1S/C25H24N4O2/c26-19-29-22(18-20-12-14-27-15-13-20)10-11-25(30)28-16-17-31-24-9-5-4-8-23(24)21-6-2-1-3-7-21/h1-9,12-15H,10-11,16-18H2,(H,28,30). The molecular weight excluding hydrogens is 388 g/mol. The Morgan fingerprint density at radius 1 is 1.00 bits per heavy atom. The molecule has 0 atom stereocenters. The van der Waals surface area contributed by atoms with Gasteiger partial charge in [0, 0.05) is 36.5 Å². The molecule has 0 unspecified atom stereocenters. The molecule has 3 aromatic rings. The molecule has 0 radical (unpaired) electrons. The van der Waals surface area contributed by atoms with E-state index in [1.54, 1.807) is 12.4 Å². The zero-order chi connectivity index (χ0) is 21.7. The highest BCUT2D eigenvalue weighted by Gasteiger charge is 2.08. The van der Waals surface area contributed by atoms with E-state index in [0.717, 1.165) is 22.4 Å². The highest BCUT2D eigenvalue weighted by atomic mass is 16.5. The highest BCUT2D eigenvalue weighted by Crippen LogP contribution is 2.29. The summed E-state index contributed by atoms with van der Waals surface area (Å²) in [5, 5.41) is 11.8. The number of pyridine rings is 1. The van der Waals surface area contributed by atoms with Crippen LogP contribution in [0.2, 0.25) is 0 Å². The van der Waals surface area contributed by atoms with Crippen molar-refractivity contribution in [3.63, 3.8) is 0 Å². The topological polar surface area (TPSA) is 87.4 Å². The lowest BCUT2D eigenvalue weighted by Gasteiger charge is -2.12. The summed E-state index contributed by atoms with van der Waals surface area (Å²) in [6.07, 6.45) is 6.44. The molecule has 1 aromatic heterocycles. The van der Waals surface area contributed by atoms with Gasteiger partial charge in [-0.2, -0.15) is 10.3 Å². The van der Waals surface area contributed by atoms with Crippen molar-refractivity contribution < 1.29 is 9.53 Å². The van der Waals surface area contributed by atoms with Gasteiger partial charge in [0.1, 0.15) is 12.4 Å². The van der Waals surface area contributed by atoms with E-state index in [1.165, 1.54) is 0 Å². The van der Waals surface area contributed by atoms with Crippen LogP contribution in [-0.2, 0) is 11.2 Å². The van der Waals surface area contributed by atoms with Crippen molar-refractivity contribution in [2.45, 2.75) is 19.3 Å². The molecule has 156 valence electrons. The molecule has 0 spiro atoms. The van der Waals surface area contributed by atoms with Gasteiger partial charge in [-0.1, -0.05) is 48.5 Å². The minimum Gasteiger partial charge on any atom is -0.491 e. The predicted octanol–water partition coefficient (Wildman–Crippen LogP) is 4.19.